The first-order valence-corrected chi connectivity index (χ1v) is 17.1. The average molecular weight is 712 g/mol. The minimum absolute atomic E-state index is 0.0127. The van der Waals surface area contributed by atoms with Gasteiger partial charge in [-0.1, -0.05) is 29.8 Å². The third-order valence-corrected chi connectivity index (χ3v) is 8.59. The molecule has 51 heavy (non-hydrogen) atoms. The van der Waals surface area contributed by atoms with E-state index < -0.39 is 41.3 Å². The van der Waals surface area contributed by atoms with Gasteiger partial charge in [-0.2, -0.15) is 13.2 Å². The van der Waals surface area contributed by atoms with E-state index in [9.17, 15) is 31.9 Å². The lowest BCUT2D eigenvalue weighted by atomic mass is 9.88. The maximum atomic E-state index is 14.6. The molecule has 0 fully saturated rings. The summed E-state index contributed by atoms with van der Waals surface area (Å²) in [5.74, 6) is -1.61. The standard InChI is InChI=1S/C40H49F4N3O4/c1-8-11-12-13-15-28-22-32(41)20-27(5)38(28)31-19-26(4)18-30(21-31)34(24-37(49)51-10-3)45-39(50)35(14-9-2)47-25-29(16-17-46(6)7)33(23-36(47)48)40(42,43)44/h8-9,18-23,25,34-35H,1-2,10-17,24H2,3-7H3,(H,45,50)/t34-,35-/m0/s1. The van der Waals surface area contributed by atoms with E-state index >= 15 is 0 Å². The zero-order valence-corrected chi connectivity index (χ0v) is 30.2. The number of hydrogen-bond donors (Lipinski definition) is 1. The van der Waals surface area contributed by atoms with Crippen LogP contribution >= 0.6 is 0 Å². The Hall–Kier alpha value is -4.51. The van der Waals surface area contributed by atoms with Crippen molar-refractivity contribution in [1.29, 1.82) is 0 Å². The van der Waals surface area contributed by atoms with Crippen LogP contribution in [-0.4, -0.2) is 48.6 Å². The third kappa shape index (κ3) is 11.5. The molecule has 1 heterocycles. The van der Waals surface area contributed by atoms with Crippen molar-refractivity contribution < 1.29 is 31.9 Å². The number of likely N-dealkylation sites (N-methyl/N-ethyl adjacent to an activating group) is 1. The second-order valence-corrected chi connectivity index (χ2v) is 13.0. The van der Waals surface area contributed by atoms with Crippen LogP contribution in [0.15, 0.2) is 72.7 Å². The minimum Gasteiger partial charge on any atom is -0.466 e. The summed E-state index contributed by atoms with van der Waals surface area (Å²) in [6.07, 6.45) is 2.46. The number of ether oxygens (including phenoxy) is 1. The molecule has 1 amide bonds. The van der Waals surface area contributed by atoms with E-state index in [0.717, 1.165) is 57.8 Å². The van der Waals surface area contributed by atoms with Gasteiger partial charge >= 0.3 is 12.1 Å². The molecule has 0 unspecified atom stereocenters. The van der Waals surface area contributed by atoms with E-state index in [0.29, 0.717) is 18.1 Å². The van der Waals surface area contributed by atoms with Gasteiger partial charge in [0, 0.05) is 18.8 Å². The maximum absolute atomic E-state index is 14.6. The SMILES string of the molecule is C=CCCCCc1cc(F)cc(C)c1-c1cc(C)cc([C@H](CC(=O)OCC)NC(=O)[C@H](CC=C)n2cc(CCN(C)C)c(C(F)(F)F)cc2=O)c1. The predicted molar refractivity (Wildman–Crippen MR) is 193 cm³/mol. The van der Waals surface area contributed by atoms with Gasteiger partial charge in [0.05, 0.1) is 24.6 Å². The monoisotopic (exact) mass is 711 g/mol. The lowest BCUT2D eigenvalue weighted by Gasteiger charge is -2.26. The molecule has 0 aliphatic heterocycles. The molecule has 2 aromatic carbocycles. The maximum Gasteiger partial charge on any atom is 0.416 e. The highest BCUT2D eigenvalue weighted by Crippen LogP contribution is 2.35. The van der Waals surface area contributed by atoms with Crippen LogP contribution in [0, 0.1) is 19.7 Å². The van der Waals surface area contributed by atoms with Crippen LogP contribution in [0.1, 0.15) is 84.5 Å². The number of pyridine rings is 1. The summed E-state index contributed by atoms with van der Waals surface area (Å²) in [6, 6.07) is 6.96. The quantitative estimate of drug-likeness (QED) is 0.0623. The van der Waals surface area contributed by atoms with Gasteiger partial charge in [0.15, 0.2) is 0 Å². The van der Waals surface area contributed by atoms with Crippen LogP contribution in [0.5, 0.6) is 0 Å². The number of carbonyl (C=O) groups excluding carboxylic acids is 2. The predicted octanol–water partition coefficient (Wildman–Crippen LogP) is 8.22. The van der Waals surface area contributed by atoms with Crippen LogP contribution < -0.4 is 10.9 Å². The molecule has 0 saturated carbocycles. The van der Waals surface area contributed by atoms with Crippen molar-refractivity contribution in [2.45, 2.75) is 84.0 Å². The number of amides is 1. The lowest BCUT2D eigenvalue weighted by Crippen LogP contribution is -2.40. The fourth-order valence-electron chi connectivity index (χ4n) is 6.24. The number of halogens is 4. The number of nitrogens with one attached hydrogen (secondary N) is 1. The summed E-state index contributed by atoms with van der Waals surface area (Å²) in [5.41, 5.74) is 2.40. The van der Waals surface area contributed by atoms with Crippen LogP contribution in [0.2, 0.25) is 0 Å². The first-order chi connectivity index (χ1) is 24.1. The fourth-order valence-corrected chi connectivity index (χ4v) is 6.24. The van der Waals surface area contributed by atoms with Gasteiger partial charge in [-0.15, -0.1) is 13.2 Å². The molecule has 1 aromatic heterocycles. The molecule has 11 heteroatoms. The number of alkyl halides is 3. The molecule has 0 aliphatic carbocycles. The van der Waals surface area contributed by atoms with E-state index in [1.54, 1.807) is 25.9 Å². The molecule has 7 nitrogen and oxygen atoms in total. The van der Waals surface area contributed by atoms with Crippen molar-refractivity contribution in [3.8, 4) is 11.1 Å². The number of aromatic nitrogens is 1. The van der Waals surface area contributed by atoms with Gasteiger partial charge in [-0.05, 0) is 125 Å². The van der Waals surface area contributed by atoms with Crippen LogP contribution in [0.25, 0.3) is 11.1 Å². The van der Waals surface area contributed by atoms with Gasteiger partial charge in [0.1, 0.15) is 11.9 Å². The van der Waals surface area contributed by atoms with E-state index in [1.807, 2.05) is 38.1 Å². The van der Waals surface area contributed by atoms with Gasteiger partial charge in [0.2, 0.25) is 5.91 Å². The minimum atomic E-state index is -4.77. The number of benzene rings is 2. The van der Waals surface area contributed by atoms with E-state index in [-0.39, 0.29) is 43.8 Å². The van der Waals surface area contributed by atoms with Crippen molar-refractivity contribution in [2.24, 2.45) is 0 Å². The summed E-state index contributed by atoms with van der Waals surface area (Å²) < 4.78 is 62.8. The molecule has 0 radical (unpaired) electrons. The number of unbranched alkanes of at least 4 members (excludes halogenated alkanes) is 2. The highest BCUT2D eigenvalue weighted by Gasteiger charge is 2.35. The van der Waals surface area contributed by atoms with Gasteiger partial charge in [-0.25, -0.2) is 4.39 Å². The molecular weight excluding hydrogens is 662 g/mol. The van der Waals surface area contributed by atoms with Crippen molar-refractivity contribution in [3.05, 3.63) is 117 Å². The summed E-state index contributed by atoms with van der Waals surface area (Å²) in [5, 5.41) is 2.89. The van der Waals surface area contributed by atoms with Crippen molar-refractivity contribution in [2.75, 3.05) is 27.2 Å². The third-order valence-electron chi connectivity index (χ3n) is 8.59. The Morgan fingerprint density at radius 1 is 1.00 bits per heavy atom. The Labute approximate surface area is 298 Å². The van der Waals surface area contributed by atoms with Crippen molar-refractivity contribution in [3.63, 3.8) is 0 Å². The van der Waals surface area contributed by atoms with Gasteiger partial charge < -0.3 is 19.5 Å². The van der Waals surface area contributed by atoms with E-state index in [2.05, 4.69) is 18.5 Å². The average Bonchev–Trinajstić information content (AvgIpc) is 3.03. The summed E-state index contributed by atoms with van der Waals surface area (Å²) in [4.78, 5) is 41.9. The molecule has 0 aliphatic rings. The summed E-state index contributed by atoms with van der Waals surface area (Å²) >= 11 is 0. The second kappa shape index (κ2) is 18.6. The highest BCUT2D eigenvalue weighted by atomic mass is 19.4. The smallest absolute Gasteiger partial charge is 0.416 e. The molecule has 3 rings (SSSR count). The number of nitrogens with zero attached hydrogens (tertiary/aromatic N) is 2. The Morgan fingerprint density at radius 3 is 2.35 bits per heavy atom. The van der Waals surface area contributed by atoms with Gasteiger partial charge in [0.25, 0.3) is 5.56 Å². The number of allylic oxidation sites excluding steroid dienone is 2. The van der Waals surface area contributed by atoms with E-state index in [4.69, 9.17) is 4.74 Å². The molecule has 0 bridgehead atoms. The number of aryl methyl sites for hydroxylation is 3. The molecule has 1 N–H and O–H groups in total. The number of rotatable bonds is 18. The molecular formula is C40H49F4N3O4. The van der Waals surface area contributed by atoms with Crippen LogP contribution in [0.4, 0.5) is 17.6 Å². The zero-order valence-electron chi connectivity index (χ0n) is 30.2. The zero-order chi connectivity index (χ0) is 37.9. The van der Waals surface area contributed by atoms with Crippen molar-refractivity contribution in [1.82, 2.24) is 14.8 Å². The first-order valence-electron chi connectivity index (χ1n) is 17.1. The first kappa shape index (κ1) is 40.9. The number of carbonyl (C=O) groups is 2. The van der Waals surface area contributed by atoms with Crippen LogP contribution in [0.3, 0.4) is 0 Å². The molecule has 0 spiro atoms. The normalized spacial score (nSPS) is 12.7. The molecule has 0 saturated heterocycles. The topological polar surface area (TPSA) is 80.6 Å². The summed E-state index contributed by atoms with van der Waals surface area (Å²) in [7, 11) is 3.44. The Balaban J connectivity index is 2.12. The molecule has 3 aromatic rings. The van der Waals surface area contributed by atoms with E-state index in [1.165, 1.54) is 18.2 Å². The number of hydrogen-bond acceptors (Lipinski definition) is 5. The van der Waals surface area contributed by atoms with Crippen LogP contribution in [-0.2, 0) is 33.3 Å². The lowest BCUT2D eigenvalue weighted by molar-refractivity contribution is -0.144. The fraction of sp³-hybridized carbons (Fsp3) is 0.425. The highest BCUT2D eigenvalue weighted by molar-refractivity contribution is 5.82. The van der Waals surface area contributed by atoms with Gasteiger partial charge in [-0.3, -0.25) is 14.4 Å². The second-order valence-electron chi connectivity index (χ2n) is 13.0. The Morgan fingerprint density at radius 2 is 1.73 bits per heavy atom. The molecule has 276 valence electrons. The molecule has 2 atom stereocenters. The Kier molecular flexibility index (Phi) is 15.0. The largest absolute Gasteiger partial charge is 0.466 e. The summed E-state index contributed by atoms with van der Waals surface area (Å²) in [6.45, 7) is 13.2. The Bertz CT molecular complexity index is 1760. The number of esters is 1. The van der Waals surface area contributed by atoms with Crippen molar-refractivity contribution >= 4 is 11.9 Å².